The summed E-state index contributed by atoms with van der Waals surface area (Å²) in [4.78, 5) is 5.75. The van der Waals surface area contributed by atoms with Crippen molar-refractivity contribution >= 4 is 32.6 Å². The summed E-state index contributed by atoms with van der Waals surface area (Å²) in [5.41, 5.74) is 3.83. The van der Waals surface area contributed by atoms with E-state index in [9.17, 15) is 8.42 Å². The van der Waals surface area contributed by atoms with Crippen LogP contribution in [-0.4, -0.2) is 48.7 Å². The van der Waals surface area contributed by atoms with E-state index in [4.69, 9.17) is 21.4 Å². The summed E-state index contributed by atoms with van der Waals surface area (Å²) in [7, 11) is -1.48. The van der Waals surface area contributed by atoms with E-state index in [-0.39, 0.29) is 0 Å². The number of rotatable bonds is 1. The number of hydrogen-bond acceptors (Lipinski definition) is 4. The summed E-state index contributed by atoms with van der Waals surface area (Å²) in [5.74, 6) is 0.998. The number of aromatic amines is 1. The minimum absolute atomic E-state index is 0.479. The molecule has 4 rings (SSSR count). The minimum atomic E-state index is -3.67. The van der Waals surface area contributed by atoms with E-state index in [1.54, 1.807) is 0 Å². The molecular weight excluding hydrogens is 374 g/mol. The third-order valence-electron chi connectivity index (χ3n) is 5.26. The second-order valence-corrected chi connectivity index (χ2v) is 9.05. The number of likely N-dealkylation sites (N-methyl/N-ethyl adjacent to an activating group) is 1. The van der Waals surface area contributed by atoms with Crippen LogP contribution in [-0.2, 0) is 16.5 Å². The maximum absolute atomic E-state index is 9.19. The van der Waals surface area contributed by atoms with Gasteiger partial charge in [-0.05, 0) is 43.0 Å². The summed E-state index contributed by atoms with van der Waals surface area (Å²) >= 11 is 6.41. The molecule has 1 aliphatic carbocycles. The Labute approximate surface area is 158 Å². The highest BCUT2D eigenvalue weighted by Gasteiger charge is 2.39. The zero-order chi connectivity index (χ0) is 19.1. The Bertz CT molecular complexity index is 956. The molecule has 1 saturated heterocycles. The van der Waals surface area contributed by atoms with E-state index in [2.05, 4.69) is 41.2 Å². The molecule has 2 heterocycles. The lowest BCUT2D eigenvalue weighted by Crippen LogP contribution is -2.47. The molecule has 2 N–H and O–H groups in total. The number of hydrogen-bond donors (Lipinski definition) is 2. The molecule has 2 unspecified atom stereocenters. The molecule has 1 aromatic heterocycles. The first-order valence-electron chi connectivity index (χ1n) is 8.47. The first-order valence-corrected chi connectivity index (χ1v) is 10.7. The molecule has 1 fully saturated rings. The van der Waals surface area contributed by atoms with Gasteiger partial charge in [0.1, 0.15) is 5.15 Å². The van der Waals surface area contributed by atoms with Gasteiger partial charge in [0.25, 0.3) is 10.1 Å². The molecule has 0 radical (unpaired) electrons. The van der Waals surface area contributed by atoms with E-state index < -0.39 is 10.1 Å². The van der Waals surface area contributed by atoms with Crippen LogP contribution in [0.2, 0.25) is 5.15 Å². The predicted molar refractivity (Wildman–Crippen MR) is 102 cm³/mol. The standard InChI is InChI=1S/C17H18ClN3.CH4O3S/c1-21-9-10(5-6-19)7-12-11-3-2-4-14-16(11)13(8-15(12)21)17(18)20-14;1-5(2,3)4/h2-4,10,12,15,20H,5,7-9H2,1H3;1H3,(H,2,3,4)/t10?,12?,15-;/m1./s1. The van der Waals surface area contributed by atoms with Crippen LogP contribution in [0.1, 0.15) is 29.9 Å². The largest absolute Gasteiger partial charge is 0.345 e. The SMILES string of the molecule is CN1CC(CC#N)CC2c3cccc4[nH]c(Cl)c(c34)C[C@H]21.CS(=O)(=O)O. The number of piperidine rings is 1. The van der Waals surface area contributed by atoms with Crippen molar-refractivity contribution in [3.63, 3.8) is 0 Å². The quantitative estimate of drug-likeness (QED) is 0.722. The molecule has 1 aromatic carbocycles. The molecule has 0 bridgehead atoms. The number of likely N-dealkylation sites (tertiary alicyclic amines) is 1. The van der Waals surface area contributed by atoms with Crippen molar-refractivity contribution in [1.29, 1.82) is 5.26 Å². The molecule has 0 amide bonds. The third-order valence-corrected chi connectivity index (χ3v) is 5.59. The Morgan fingerprint density at radius 3 is 2.81 bits per heavy atom. The van der Waals surface area contributed by atoms with E-state index >= 15 is 0 Å². The van der Waals surface area contributed by atoms with Gasteiger partial charge in [0.15, 0.2) is 0 Å². The number of fused-ring (bicyclic) bond motifs is 2. The minimum Gasteiger partial charge on any atom is -0.345 e. The molecule has 8 heteroatoms. The molecule has 3 atom stereocenters. The molecule has 140 valence electrons. The topological polar surface area (TPSA) is 97.2 Å². The molecular formula is C18H22ClN3O3S. The number of aromatic nitrogens is 1. The van der Waals surface area contributed by atoms with Crippen molar-refractivity contribution in [3.05, 3.63) is 34.5 Å². The number of nitrogens with one attached hydrogen (secondary N) is 1. The van der Waals surface area contributed by atoms with Crippen LogP contribution in [0.15, 0.2) is 18.2 Å². The number of halogens is 1. The predicted octanol–water partition coefficient (Wildman–Crippen LogP) is 3.20. The van der Waals surface area contributed by atoms with Crippen LogP contribution in [0.5, 0.6) is 0 Å². The van der Waals surface area contributed by atoms with Gasteiger partial charge < -0.3 is 9.88 Å². The zero-order valence-electron chi connectivity index (χ0n) is 14.7. The van der Waals surface area contributed by atoms with Crippen molar-refractivity contribution < 1.29 is 13.0 Å². The van der Waals surface area contributed by atoms with Gasteiger partial charge in [-0.2, -0.15) is 13.7 Å². The van der Waals surface area contributed by atoms with E-state index in [1.807, 2.05) is 0 Å². The van der Waals surface area contributed by atoms with Crippen molar-refractivity contribution in [2.45, 2.75) is 31.2 Å². The molecule has 0 saturated carbocycles. The number of nitriles is 1. The summed E-state index contributed by atoms with van der Waals surface area (Å²) in [5, 5.41) is 11.1. The maximum atomic E-state index is 9.19. The molecule has 26 heavy (non-hydrogen) atoms. The highest BCUT2D eigenvalue weighted by atomic mass is 35.5. The van der Waals surface area contributed by atoms with Crippen LogP contribution in [0.3, 0.4) is 0 Å². The molecule has 2 aromatic rings. The highest BCUT2D eigenvalue weighted by molar-refractivity contribution is 7.85. The highest BCUT2D eigenvalue weighted by Crippen LogP contribution is 2.46. The van der Waals surface area contributed by atoms with Gasteiger partial charge in [0.05, 0.1) is 12.3 Å². The van der Waals surface area contributed by atoms with Gasteiger partial charge in [-0.1, -0.05) is 23.7 Å². The summed E-state index contributed by atoms with van der Waals surface area (Å²) in [6.07, 6.45) is 3.50. The fourth-order valence-electron chi connectivity index (χ4n) is 4.37. The first-order chi connectivity index (χ1) is 12.2. The van der Waals surface area contributed by atoms with Gasteiger partial charge in [-0.3, -0.25) is 4.55 Å². The van der Waals surface area contributed by atoms with Crippen molar-refractivity contribution in [1.82, 2.24) is 9.88 Å². The summed E-state index contributed by atoms with van der Waals surface area (Å²) in [6.45, 7) is 1.02. The van der Waals surface area contributed by atoms with Crippen LogP contribution in [0, 0.1) is 17.2 Å². The second-order valence-electron chi connectivity index (χ2n) is 7.20. The monoisotopic (exact) mass is 395 g/mol. The first kappa shape index (κ1) is 19.2. The van der Waals surface area contributed by atoms with Gasteiger partial charge in [-0.25, -0.2) is 0 Å². The fraction of sp³-hybridized carbons (Fsp3) is 0.500. The molecule has 1 aliphatic heterocycles. The van der Waals surface area contributed by atoms with Crippen molar-refractivity contribution in [3.8, 4) is 6.07 Å². The van der Waals surface area contributed by atoms with Crippen molar-refractivity contribution in [2.75, 3.05) is 19.8 Å². The molecule has 6 nitrogen and oxygen atoms in total. The third kappa shape index (κ3) is 3.89. The van der Waals surface area contributed by atoms with Gasteiger partial charge >= 0.3 is 0 Å². The Balaban J connectivity index is 0.000000349. The van der Waals surface area contributed by atoms with E-state index in [0.717, 1.165) is 30.1 Å². The van der Waals surface area contributed by atoms with Crippen LogP contribution in [0.4, 0.5) is 0 Å². The van der Waals surface area contributed by atoms with Crippen LogP contribution >= 0.6 is 11.6 Å². The lowest BCUT2D eigenvalue weighted by molar-refractivity contribution is 0.113. The summed E-state index contributed by atoms with van der Waals surface area (Å²) < 4.78 is 25.9. The lowest BCUT2D eigenvalue weighted by atomic mass is 9.72. The average molecular weight is 396 g/mol. The summed E-state index contributed by atoms with van der Waals surface area (Å²) in [6, 6.07) is 9.32. The lowest BCUT2D eigenvalue weighted by Gasteiger charge is -2.45. The second kappa shape index (κ2) is 7.20. The zero-order valence-corrected chi connectivity index (χ0v) is 16.3. The van der Waals surface area contributed by atoms with Crippen LogP contribution in [0.25, 0.3) is 10.9 Å². The number of benzene rings is 1. The Morgan fingerprint density at radius 1 is 1.46 bits per heavy atom. The maximum Gasteiger partial charge on any atom is 0.261 e. The van der Waals surface area contributed by atoms with E-state index in [0.29, 0.717) is 30.6 Å². The Kier molecular flexibility index (Phi) is 5.31. The average Bonchev–Trinajstić information content (AvgIpc) is 2.85. The van der Waals surface area contributed by atoms with E-state index in [1.165, 1.54) is 16.5 Å². The van der Waals surface area contributed by atoms with Crippen molar-refractivity contribution in [2.24, 2.45) is 5.92 Å². The van der Waals surface area contributed by atoms with Gasteiger partial charge in [0, 0.05) is 35.8 Å². The molecule has 0 spiro atoms. The van der Waals surface area contributed by atoms with Crippen LogP contribution < -0.4 is 0 Å². The Hall–Kier alpha value is -1.59. The molecule has 2 aliphatic rings. The number of H-pyrrole nitrogens is 1. The van der Waals surface area contributed by atoms with Gasteiger partial charge in [-0.15, -0.1) is 0 Å². The smallest absolute Gasteiger partial charge is 0.261 e. The normalized spacial score (nSPS) is 25.1. The van der Waals surface area contributed by atoms with Gasteiger partial charge in [0.2, 0.25) is 0 Å². The Morgan fingerprint density at radius 2 is 2.15 bits per heavy atom. The number of nitrogens with zero attached hydrogens (tertiary/aromatic N) is 2. The fourth-order valence-corrected chi connectivity index (χ4v) is 4.65.